The van der Waals surface area contributed by atoms with Gasteiger partial charge in [0.15, 0.2) is 0 Å². The standard InChI is InChI=1S/C22H24FNO5S/c1-3-29-22(28)18-17(13-8-10-14(23)11-9-13)12(2)30-20(18)24-19(25)15-6-4-5-7-16(15)21(26)27/h8-11,15-16H,3-7H2,1-2H3,(H,24,25)(H,26,27)/t15-,16+/m1/s1. The molecule has 0 bridgehead atoms. The first-order valence-corrected chi connectivity index (χ1v) is 10.7. The molecule has 1 amide bonds. The van der Waals surface area contributed by atoms with Gasteiger partial charge in [0.1, 0.15) is 16.4 Å². The average molecular weight is 434 g/mol. The molecule has 1 heterocycles. The van der Waals surface area contributed by atoms with E-state index >= 15 is 0 Å². The zero-order chi connectivity index (χ0) is 21.8. The molecular weight excluding hydrogens is 409 g/mol. The lowest BCUT2D eigenvalue weighted by Gasteiger charge is -2.27. The predicted molar refractivity (Wildman–Crippen MR) is 112 cm³/mol. The van der Waals surface area contributed by atoms with Gasteiger partial charge in [0.25, 0.3) is 0 Å². The van der Waals surface area contributed by atoms with Gasteiger partial charge in [0, 0.05) is 10.4 Å². The zero-order valence-corrected chi connectivity index (χ0v) is 17.7. The van der Waals surface area contributed by atoms with Gasteiger partial charge in [-0.3, -0.25) is 9.59 Å². The maximum atomic E-state index is 13.4. The Morgan fingerprint density at radius 3 is 2.40 bits per heavy atom. The van der Waals surface area contributed by atoms with Gasteiger partial charge >= 0.3 is 11.9 Å². The number of anilines is 1. The summed E-state index contributed by atoms with van der Waals surface area (Å²) in [5.74, 6) is -3.75. The lowest BCUT2D eigenvalue weighted by atomic mass is 9.78. The molecule has 0 radical (unpaired) electrons. The summed E-state index contributed by atoms with van der Waals surface area (Å²) in [4.78, 5) is 38.0. The highest BCUT2D eigenvalue weighted by atomic mass is 32.1. The maximum absolute atomic E-state index is 13.4. The van der Waals surface area contributed by atoms with Gasteiger partial charge in [-0.25, -0.2) is 9.18 Å². The van der Waals surface area contributed by atoms with Gasteiger partial charge in [-0.15, -0.1) is 11.3 Å². The third kappa shape index (κ3) is 4.53. The first-order valence-electron chi connectivity index (χ1n) is 9.93. The number of thiophene rings is 1. The molecule has 1 aliphatic rings. The summed E-state index contributed by atoms with van der Waals surface area (Å²) in [6.07, 6.45) is 2.52. The summed E-state index contributed by atoms with van der Waals surface area (Å²) in [6.45, 7) is 3.66. The fraction of sp³-hybridized carbons (Fsp3) is 0.409. The van der Waals surface area contributed by atoms with Gasteiger partial charge in [-0.1, -0.05) is 25.0 Å². The van der Waals surface area contributed by atoms with Crippen molar-refractivity contribution in [3.63, 3.8) is 0 Å². The molecule has 0 aliphatic heterocycles. The Kier molecular flexibility index (Phi) is 6.87. The Bertz CT molecular complexity index is 953. The molecule has 1 aromatic carbocycles. The first-order chi connectivity index (χ1) is 14.3. The first kappa shape index (κ1) is 22.0. The van der Waals surface area contributed by atoms with Crippen LogP contribution in [0.5, 0.6) is 0 Å². The molecule has 1 fully saturated rings. The Hall–Kier alpha value is -2.74. The van der Waals surface area contributed by atoms with Crippen LogP contribution in [0.25, 0.3) is 11.1 Å². The SMILES string of the molecule is CCOC(=O)c1c(NC(=O)[C@@H]2CCCC[C@@H]2C(=O)O)sc(C)c1-c1ccc(F)cc1. The van der Waals surface area contributed by atoms with Crippen LogP contribution in [0.4, 0.5) is 9.39 Å². The van der Waals surface area contributed by atoms with Gasteiger partial charge in [-0.2, -0.15) is 0 Å². The van der Waals surface area contributed by atoms with Crippen molar-refractivity contribution in [2.24, 2.45) is 11.8 Å². The molecule has 1 saturated carbocycles. The number of nitrogens with one attached hydrogen (secondary N) is 1. The van der Waals surface area contributed by atoms with Crippen LogP contribution in [0, 0.1) is 24.6 Å². The number of hydrogen-bond donors (Lipinski definition) is 2. The minimum atomic E-state index is -0.977. The summed E-state index contributed by atoms with van der Waals surface area (Å²) in [5.41, 5.74) is 1.42. The smallest absolute Gasteiger partial charge is 0.341 e. The van der Waals surface area contributed by atoms with E-state index in [4.69, 9.17) is 4.74 Å². The minimum absolute atomic E-state index is 0.160. The fourth-order valence-corrected chi connectivity index (χ4v) is 5.01. The van der Waals surface area contributed by atoms with Crippen LogP contribution < -0.4 is 5.32 Å². The van der Waals surface area contributed by atoms with Gasteiger partial charge in [-0.05, 0) is 44.4 Å². The number of amides is 1. The largest absolute Gasteiger partial charge is 0.481 e. The number of halogens is 1. The molecule has 0 unspecified atom stereocenters. The molecular formula is C22H24FNO5S. The lowest BCUT2D eigenvalue weighted by molar-refractivity contribution is -0.147. The van der Waals surface area contributed by atoms with Crippen molar-refractivity contribution < 1.29 is 28.6 Å². The molecule has 8 heteroatoms. The average Bonchev–Trinajstić information content (AvgIpc) is 3.04. The highest BCUT2D eigenvalue weighted by Crippen LogP contribution is 2.41. The number of ether oxygens (including phenoxy) is 1. The van der Waals surface area contributed by atoms with Gasteiger partial charge in [0.05, 0.1) is 18.4 Å². The van der Waals surface area contributed by atoms with E-state index in [2.05, 4.69) is 5.32 Å². The molecule has 160 valence electrons. The van der Waals surface area contributed by atoms with Gasteiger partial charge in [0.2, 0.25) is 5.91 Å². The third-order valence-corrected chi connectivity index (χ3v) is 6.37. The number of esters is 1. The van der Waals surface area contributed by atoms with Crippen LogP contribution in [0.1, 0.15) is 47.8 Å². The number of aliphatic carboxylic acids is 1. The van der Waals surface area contributed by atoms with E-state index in [-0.39, 0.29) is 12.2 Å². The minimum Gasteiger partial charge on any atom is -0.481 e. The summed E-state index contributed by atoms with van der Waals surface area (Å²) in [6, 6.07) is 5.75. The van der Waals surface area contributed by atoms with Crippen molar-refractivity contribution in [2.75, 3.05) is 11.9 Å². The van der Waals surface area contributed by atoms with E-state index in [0.717, 1.165) is 17.7 Å². The van der Waals surface area contributed by atoms with Crippen molar-refractivity contribution in [2.45, 2.75) is 39.5 Å². The van der Waals surface area contributed by atoms with E-state index < -0.39 is 35.5 Å². The van der Waals surface area contributed by atoms with Crippen LogP contribution in [0.3, 0.4) is 0 Å². The van der Waals surface area contributed by atoms with E-state index in [9.17, 15) is 23.9 Å². The molecule has 0 saturated heterocycles. The maximum Gasteiger partial charge on any atom is 0.341 e. The summed E-state index contributed by atoms with van der Waals surface area (Å²) in [5, 5.41) is 12.6. The monoisotopic (exact) mass is 433 g/mol. The molecule has 2 N–H and O–H groups in total. The molecule has 3 rings (SSSR count). The second kappa shape index (κ2) is 9.38. The number of carboxylic acid groups (broad SMARTS) is 1. The van der Waals surface area contributed by atoms with E-state index in [1.165, 1.54) is 23.5 Å². The van der Waals surface area contributed by atoms with E-state index in [1.807, 2.05) is 6.92 Å². The topological polar surface area (TPSA) is 92.7 Å². The Labute approximate surface area is 178 Å². The van der Waals surface area contributed by atoms with Crippen LogP contribution in [0.2, 0.25) is 0 Å². The summed E-state index contributed by atoms with van der Waals surface area (Å²) >= 11 is 1.22. The Balaban J connectivity index is 1.99. The predicted octanol–water partition coefficient (Wildman–Crippen LogP) is 4.87. The third-order valence-electron chi connectivity index (χ3n) is 5.35. The molecule has 30 heavy (non-hydrogen) atoms. The van der Waals surface area contributed by atoms with Crippen molar-refractivity contribution in [1.29, 1.82) is 0 Å². The fourth-order valence-electron chi connectivity index (χ4n) is 3.94. The molecule has 0 spiro atoms. The number of rotatable bonds is 6. The normalized spacial score (nSPS) is 18.6. The number of benzene rings is 1. The quantitative estimate of drug-likeness (QED) is 0.634. The summed E-state index contributed by atoms with van der Waals surface area (Å²) < 4.78 is 18.6. The highest BCUT2D eigenvalue weighted by molar-refractivity contribution is 7.17. The Morgan fingerprint density at radius 2 is 1.80 bits per heavy atom. The molecule has 2 atom stereocenters. The number of aryl methyl sites for hydroxylation is 1. The van der Waals surface area contributed by atoms with Crippen LogP contribution in [0.15, 0.2) is 24.3 Å². The number of carbonyl (C=O) groups is 3. The zero-order valence-electron chi connectivity index (χ0n) is 16.9. The van der Waals surface area contributed by atoms with Crippen molar-refractivity contribution in [1.82, 2.24) is 0 Å². The van der Waals surface area contributed by atoms with Crippen LogP contribution in [-0.2, 0) is 14.3 Å². The van der Waals surface area contributed by atoms with Crippen LogP contribution in [-0.4, -0.2) is 29.6 Å². The molecule has 2 aromatic rings. The van der Waals surface area contributed by atoms with Crippen molar-refractivity contribution >= 4 is 34.2 Å². The van der Waals surface area contributed by atoms with Crippen molar-refractivity contribution in [3.05, 3.63) is 40.5 Å². The second-order valence-corrected chi connectivity index (χ2v) is 8.51. The number of carbonyl (C=O) groups excluding carboxylic acids is 2. The molecule has 1 aliphatic carbocycles. The highest BCUT2D eigenvalue weighted by Gasteiger charge is 2.37. The Morgan fingerprint density at radius 1 is 1.17 bits per heavy atom. The summed E-state index contributed by atoms with van der Waals surface area (Å²) in [7, 11) is 0. The van der Waals surface area contributed by atoms with Crippen molar-refractivity contribution in [3.8, 4) is 11.1 Å². The number of carboxylic acids is 1. The van der Waals surface area contributed by atoms with E-state index in [0.29, 0.717) is 29.0 Å². The molecule has 1 aromatic heterocycles. The number of hydrogen-bond acceptors (Lipinski definition) is 5. The second-order valence-electron chi connectivity index (χ2n) is 7.29. The molecule has 6 nitrogen and oxygen atoms in total. The van der Waals surface area contributed by atoms with Crippen LogP contribution >= 0.6 is 11.3 Å². The van der Waals surface area contributed by atoms with E-state index in [1.54, 1.807) is 19.1 Å². The lowest BCUT2D eigenvalue weighted by Crippen LogP contribution is -2.36. The van der Waals surface area contributed by atoms with Gasteiger partial charge < -0.3 is 15.2 Å².